The minimum absolute atomic E-state index is 0.192. The van der Waals surface area contributed by atoms with Gasteiger partial charge in [0.15, 0.2) is 0 Å². The molecule has 1 aromatic rings. The van der Waals surface area contributed by atoms with E-state index in [0.717, 1.165) is 22.9 Å². The van der Waals surface area contributed by atoms with Crippen LogP contribution in [0.4, 0.5) is 9.18 Å². The maximum atomic E-state index is 14.5. The molecular formula is C18H23BrFNO3. The molecule has 0 aliphatic carbocycles. The first kappa shape index (κ1) is 17.7. The highest BCUT2D eigenvalue weighted by Crippen LogP contribution is 2.40. The molecule has 1 fully saturated rings. The maximum absolute atomic E-state index is 14.5. The molecular weight excluding hydrogens is 377 g/mol. The summed E-state index contributed by atoms with van der Waals surface area (Å²) in [6.45, 7) is 6.68. The van der Waals surface area contributed by atoms with E-state index in [4.69, 9.17) is 9.47 Å². The number of carbonyl (C=O) groups is 1. The average Bonchev–Trinajstić information content (AvgIpc) is 2.98. The van der Waals surface area contributed by atoms with E-state index >= 15 is 0 Å². The van der Waals surface area contributed by atoms with Crippen LogP contribution in [0.3, 0.4) is 0 Å². The molecule has 4 nitrogen and oxygen atoms in total. The second-order valence-electron chi connectivity index (χ2n) is 7.35. The summed E-state index contributed by atoms with van der Waals surface area (Å²) in [7, 11) is 0. The molecule has 1 aromatic carbocycles. The minimum Gasteiger partial charge on any atom is -0.444 e. The summed E-state index contributed by atoms with van der Waals surface area (Å²) in [6, 6.07) is 3.00. The normalized spacial score (nSPS) is 24.0. The Morgan fingerprint density at radius 3 is 2.88 bits per heavy atom. The first-order valence-electron chi connectivity index (χ1n) is 8.36. The number of hydrogen-bond acceptors (Lipinski definition) is 3. The first-order valence-corrected chi connectivity index (χ1v) is 9.15. The summed E-state index contributed by atoms with van der Waals surface area (Å²) in [5, 5.41) is 0. The highest BCUT2D eigenvalue weighted by Gasteiger charge is 2.41. The Labute approximate surface area is 150 Å². The number of halogens is 2. The van der Waals surface area contributed by atoms with Crippen molar-refractivity contribution in [3.05, 3.63) is 33.5 Å². The Morgan fingerprint density at radius 1 is 1.42 bits per heavy atom. The highest BCUT2D eigenvalue weighted by atomic mass is 79.9. The number of benzene rings is 1. The van der Waals surface area contributed by atoms with Crippen molar-refractivity contribution in [2.24, 2.45) is 0 Å². The number of rotatable bonds is 1. The van der Waals surface area contributed by atoms with Gasteiger partial charge in [0.1, 0.15) is 17.5 Å². The minimum atomic E-state index is -0.552. The second kappa shape index (κ2) is 6.64. The maximum Gasteiger partial charge on any atom is 0.410 e. The van der Waals surface area contributed by atoms with Crippen LogP contribution in [0.25, 0.3) is 0 Å². The Bertz CT molecular complexity index is 644. The molecule has 0 N–H and O–H groups in total. The zero-order chi connectivity index (χ0) is 17.5. The summed E-state index contributed by atoms with van der Waals surface area (Å²) >= 11 is 3.51. The molecule has 24 heavy (non-hydrogen) atoms. The number of ether oxygens (including phenoxy) is 2. The van der Waals surface area contributed by atoms with Gasteiger partial charge >= 0.3 is 6.09 Å². The number of nitrogens with zero attached hydrogens (tertiary/aromatic N) is 1. The fourth-order valence-electron chi connectivity index (χ4n) is 3.50. The van der Waals surface area contributed by atoms with Crippen LogP contribution in [0.2, 0.25) is 0 Å². The second-order valence-corrected chi connectivity index (χ2v) is 8.20. The van der Waals surface area contributed by atoms with Gasteiger partial charge in [-0.05, 0) is 57.7 Å². The van der Waals surface area contributed by atoms with Gasteiger partial charge < -0.3 is 14.4 Å². The smallest absolute Gasteiger partial charge is 0.410 e. The molecule has 1 saturated heterocycles. The molecule has 3 rings (SSSR count). The highest BCUT2D eigenvalue weighted by molar-refractivity contribution is 9.10. The molecule has 0 aromatic heterocycles. The van der Waals surface area contributed by atoms with Gasteiger partial charge in [0.25, 0.3) is 0 Å². The van der Waals surface area contributed by atoms with E-state index in [1.165, 1.54) is 6.07 Å². The van der Waals surface area contributed by atoms with Crippen LogP contribution in [0.15, 0.2) is 16.6 Å². The van der Waals surface area contributed by atoms with E-state index in [1.54, 1.807) is 11.0 Å². The largest absolute Gasteiger partial charge is 0.444 e. The fourth-order valence-corrected chi connectivity index (χ4v) is 4.04. The lowest BCUT2D eigenvalue weighted by molar-refractivity contribution is -0.0282. The van der Waals surface area contributed by atoms with Crippen molar-refractivity contribution in [2.45, 2.75) is 57.8 Å². The van der Waals surface area contributed by atoms with Crippen LogP contribution in [-0.4, -0.2) is 35.8 Å². The van der Waals surface area contributed by atoms with Crippen LogP contribution in [0.1, 0.15) is 50.8 Å². The first-order chi connectivity index (χ1) is 11.3. The van der Waals surface area contributed by atoms with Crippen molar-refractivity contribution in [2.75, 3.05) is 13.2 Å². The van der Waals surface area contributed by atoms with E-state index in [1.807, 2.05) is 20.8 Å². The molecule has 2 heterocycles. The van der Waals surface area contributed by atoms with Crippen molar-refractivity contribution in [1.82, 2.24) is 4.90 Å². The predicted octanol–water partition coefficient (Wildman–Crippen LogP) is 4.60. The quantitative estimate of drug-likeness (QED) is 0.692. The number of hydrogen-bond donors (Lipinski definition) is 0. The van der Waals surface area contributed by atoms with Crippen molar-refractivity contribution < 1.29 is 18.7 Å². The van der Waals surface area contributed by atoms with E-state index < -0.39 is 11.7 Å². The third kappa shape index (κ3) is 3.45. The van der Waals surface area contributed by atoms with Gasteiger partial charge in [-0.3, -0.25) is 0 Å². The molecule has 6 heteroatoms. The molecule has 0 saturated carbocycles. The van der Waals surface area contributed by atoms with E-state index in [-0.39, 0.29) is 18.0 Å². The van der Waals surface area contributed by atoms with E-state index in [9.17, 15) is 9.18 Å². The van der Waals surface area contributed by atoms with Crippen molar-refractivity contribution in [1.29, 1.82) is 0 Å². The fraction of sp³-hybridized carbons (Fsp3) is 0.611. The van der Waals surface area contributed by atoms with Gasteiger partial charge in [-0.1, -0.05) is 15.9 Å². The van der Waals surface area contributed by atoms with Gasteiger partial charge in [-0.25, -0.2) is 9.18 Å². The van der Waals surface area contributed by atoms with Crippen LogP contribution in [-0.2, 0) is 15.9 Å². The summed E-state index contributed by atoms with van der Waals surface area (Å²) in [5.41, 5.74) is 0.975. The Morgan fingerprint density at radius 2 is 2.17 bits per heavy atom. The number of likely N-dealkylation sites (tertiary alicyclic amines) is 1. The van der Waals surface area contributed by atoms with E-state index in [0.29, 0.717) is 25.1 Å². The van der Waals surface area contributed by atoms with Gasteiger partial charge in [0, 0.05) is 16.6 Å². The zero-order valence-corrected chi connectivity index (χ0v) is 15.9. The Balaban J connectivity index is 1.90. The lowest BCUT2D eigenvalue weighted by atomic mass is 9.91. The molecule has 2 aliphatic rings. The third-order valence-electron chi connectivity index (χ3n) is 4.46. The summed E-state index contributed by atoms with van der Waals surface area (Å²) in [4.78, 5) is 14.2. The van der Waals surface area contributed by atoms with Gasteiger partial charge in [-0.15, -0.1) is 0 Å². The van der Waals surface area contributed by atoms with Crippen LogP contribution in [0, 0.1) is 5.82 Å². The summed E-state index contributed by atoms with van der Waals surface area (Å²) in [6.07, 6.45) is 1.53. The molecule has 1 amide bonds. The predicted molar refractivity (Wildman–Crippen MR) is 92.5 cm³/mol. The monoisotopic (exact) mass is 399 g/mol. The standard InChI is InChI=1S/C18H23BrFNO3/c1-18(2,3)24-17(22)21-9-4-5-14(21)16-15-11(8-10-23-16)12(19)6-7-13(15)20/h6-7,14,16H,4-5,8-10H2,1-3H3. The number of amides is 1. The van der Waals surface area contributed by atoms with Gasteiger partial charge in [0.2, 0.25) is 0 Å². The Kier molecular flexibility index (Phi) is 4.89. The topological polar surface area (TPSA) is 38.8 Å². The average molecular weight is 400 g/mol. The van der Waals surface area contributed by atoms with Crippen molar-refractivity contribution in [3.8, 4) is 0 Å². The summed E-state index contributed by atoms with van der Waals surface area (Å²) in [5.74, 6) is -0.270. The van der Waals surface area contributed by atoms with E-state index in [2.05, 4.69) is 15.9 Å². The molecule has 0 bridgehead atoms. The molecule has 0 spiro atoms. The van der Waals surface area contributed by atoms with Crippen LogP contribution in [0.5, 0.6) is 0 Å². The Hall–Kier alpha value is -1.14. The summed E-state index contributed by atoms with van der Waals surface area (Å²) < 4.78 is 26.9. The molecule has 132 valence electrons. The van der Waals surface area contributed by atoms with Crippen molar-refractivity contribution in [3.63, 3.8) is 0 Å². The van der Waals surface area contributed by atoms with Crippen molar-refractivity contribution >= 4 is 22.0 Å². The molecule has 0 radical (unpaired) electrons. The van der Waals surface area contributed by atoms with Gasteiger partial charge in [0.05, 0.1) is 12.6 Å². The third-order valence-corrected chi connectivity index (χ3v) is 5.20. The number of carbonyl (C=O) groups excluding carboxylic acids is 1. The molecule has 2 unspecified atom stereocenters. The molecule has 2 atom stereocenters. The van der Waals surface area contributed by atoms with Crippen LogP contribution >= 0.6 is 15.9 Å². The molecule has 2 aliphatic heterocycles. The van der Waals surface area contributed by atoms with Gasteiger partial charge in [-0.2, -0.15) is 0 Å². The van der Waals surface area contributed by atoms with Crippen LogP contribution < -0.4 is 0 Å². The SMILES string of the molecule is CC(C)(C)OC(=O)N1CCCC1C1OCCc2c(Br)ccc(F)c21. The number of fused-ring (bicyclic) bond motifs is 1. The lowest BCUT2D eigenvalue weighted by Gasteiger charge is -2.36. The zero-order valence-electron chi connectivity index (χ0n) is 14.3. The lowest BCUT2D eigenvalue weighted by Crippen LogP contribution is -2.44.